The van der Waals surface area contributed by atoms with Crippen LogP contribution in [-0.4, -0.2) is 25.3 Å². The van der Waals surface area contributed by atoms with Crippen molar-refractivity contribution in [3.63, 3.8) is 0 Å². The van der Waals surface area contributed by atoms with Crippen LogP contribution in [0, 0.1) is 0 Å². The molecule has 0 bridgehead atoms. The first-order valence-corrected chi connectivity index (χ1v) is 4.22. The summed E-state index contributed by atoms with van der Waals surface area (Å²) in [6.07, 6.45) is 1.67. The lowest BCUT2D eigenvalue weighted by molar-refractivity contribution is -0.142. The first kappa shape index (κ1) is 11.4. The van der Waals surface area contributed by atoms with E-state index in [1.807, 2.05) is 6.92 Å². The maximum absolute atomic E-state index is 10.4. The van der Waals surface area contributed by atoms with Crippen molar-refractivity contribution >= 4 is 5.97 Å². The Balaban J connectivity index is 3.65. The number of carbonyl (C=O) groups excluding carboxylic acids is 1. The molecule has 0 heterocycles. The summed E-state index contributed by atoms with van der Waals surface area (Å²) < 4.78 is 10.1. The van der Waals surface area contributed by atoms with Gasteiger partial charge in [-0.1, -0.05) is 6.92 Å². The summed E-state index contributed by atoms with van der Waals surface area (Å²) in [5, 5.41) is 0. The molecule has 0 aliphatic heterocycles. The Labute approximate surface area is 74.0 Å². The van der Waals surface area contributed by atoms with Crippen molar-refractivity contribution in [1.82, 2.24) is 0 Å². The highest BCUT2D eigenvalue weighted by molar-refractivity contribution is 5.65. The highest BCUT2D eigenvalue weighted by Crippen LogP contribution is 2.18. The Morgan fingerprint density at radius 3 is 2.42 bits per heavy atom. The number of hydrogen-bond acceptors (Lipinski definition) is 3. The zero-order valence-electron chi connectivity index (χ0n) is 8.35. The summed E-state index contributed by atoms with van der Waals surface area (Å²) in [7, 11) is 1.68. The van der Waals surface area contributed by atoms with E-state index >= 15 is 0 Å². The topological polar surface area (TPSA) is 35.5 Å². The number of rotatable bonds is 5. The highest BCUT2D eigenvalue weighted by Gasteiger charge is 2.20. The normalized spacial score (nSPS) is 15.3. The van der Waals surface area contributed by atoms with Crippen LogP contribution in [-0.2, 0) is 14.3 Å². The summed E-state index contributed by atoms with van der Waals surface area (Å²) >= 11 is 0. The Kier molecular flexibility index (Phi) is 4.90. The van der Waals surface area contributed by atoms with Crippen LogP contribution < -0.4 is 0 Å². The molecule has 0 aromatic carbocycles. The van der Waals surface area contributed by atoms with E-state index in [9.17, 15) is 4.79 Å². The van der Waals surface area contributed by atoms with Crippen LogP contribution in [0.3, 0.4) is 0 Å². The molecule has 0 fully saturated rings. The molecule has 0 aromatic heterocycles. The molecule has 0 saturated heterocycles. The summed E-state index contributed by atoms with van der Waals surface area (Å²) in [5.41, 5.74) is -0.157. The van der Waals surface area contributed by atoms with Gasteiger partial charge in [-0.3, -0.25) is 4.79 Å². The Morgan fingerprint density at radius 2 is 2.08 bits per heavy atom. The molecule has 1 unspecified atom stereocenters. The van der Waals surface area contributed by atoms with E-state index in [-0.39, 0.29) is 11.6 Å². The largest absolute Gasteiger partial charge is 0.466 e. The quantitative estimate of drug-likeness (QED) is 0.596. The molecule has 0 amide bonds. The predicted octanol–water partition coefficient (Wildman–Crippen LogP) is 1.75. The van der Waals surface area contributed by atoms with E-state index in [1.165, 1.54) is 6.92 Å². The fourth-order valence-corrected chi connectivity index (χ4v) is 0.834. The molecule has 0 spiro atoms. The maximum atomic E-state index is 10.4. The van der Waals surface area contributed by atoms with Gasteiger partial charge in [0.15, 0.2) is 0 Å². The third kappa shape index (κ3) is 4.34. The molecule has 12 heavy (non-hydrogen) atoms. The van der Waals surface area contributed by atoms with E-state index in [2.05, 4.69) is 6.92 Å². The van der Waals surface area contributed by atoms with Gasteiger partial charge < -0.3 is 9.47 Å². The molecule has 0 aromatic rings. The van der Waals surface area contributed by atoms with Crippen molar-refractivity contribution in [3.8, 4) is 0 Å². The van der Waals surface area contributed by atoms with Gasteiger partial charge in [-0.05, 0) is 13.3 Å². The standard InChI is InChI=1S/C9H18O3/c1-5-9(3,11-4)6-7-12-8(2)10/h5-7H2,1-4H3. The van der Waals surface area contributed by atoms with Gasteiger partial charge in [0.2, 0.25) is 0 Å². The Bertz CT molecular complexity index is 139. The van der Waals surface area contributed by atoms with Gasteiger partial charge in [-0.15, -0.1) is 0 Å². The van der Waals surface area contributed by atoms with Gasteiger partial charge >= 0.3 is 5.97 Å². The molecule has 72 valence electrons. The van der Waals surface area contributed by atoms with Crippen LogP contribution in [0.25, 0.3) is 0 Å². The first-order valence-electron chi connectivity index (χ1n) is 4.22. The minimum atomic E-state index is -0.232. The van der Waals surface area contributed by atoms with E-state index < -0.39 is 0 Å². The highest BCUT2D eigenvalue weighted by atomic mass is 16.5. The summed E-state index contributed by atoms with van der Waals surface area (Å²) in [5.74, 6) is -0.232. The van der Waals surface area contributed by atoms with Crippen LogP contribution >= 0.6 is 0 Å². The smallest absolute Gasteiger partial charge is 0.302 e. The summed E-state index contributed by atoms with van der Waals surface area (Å²) in [6, 6.07) is 0. The lowest BCUT2D eigenvalue weighted by atomic mass is 10.00. The zero-order valence-corrected chi connectivity index (χ0v) is 8.35. The SMILES string of the molecule is CCC(C)(CCOC(C)=O)OC. The molecule has 3 nitrogen and oxygen atoms in total. The van der Waals surface area contributed by atoms with Crippen molar-refractivity contribution < 1.29 is 14.3 Å². The van der Waals surface area contributed by atoms with E-state index in [4.69, 9.17) is 9.47 Å². The zero-order chi connectivity index (χ0) is 9.61. The molecule has 0 saturated carbocycles. The van der Waals surface area contributed by atoms with Gasteiger partial charge in [0.05, 0.1) is 12.2 Å². The number of ether oxygens (including phenoxy) is 2. The van der Waals surface area contributed by atoms with Crippen molar-refractivity contribution in [1.29, 1.82) is 0 Å². The lowest BCUT2D eigenvalue weighted by Crippen LogP contribution is -2.28. The number of hydrogen-bond donors (Lipinski definition) is 0. The van der Waals surface area contributed by atoms with Gasteiger partial charge in [0.1, 0.15) is 0 Å². The van der Waals surface area contributed by atoms with Crippen molar-refractivity contribution in [3.05, 3.63) is 0 Å². The maximum Gasteiger partial charge on any atom is 0.302 e. The Hall–Kier alpha value is -0.570. The summed E-state index contributed by atoms with van der Waals surface area (Å²) in [4.78, 5) is 10.4. The average molecular weight is 174 g/mol. The molecular formula is C9H18O3. The third-order valence-electron chi connectivity index (χ3n) is 2.18. The lowest BCUT2D eigenvalue weighted by Gasteiger charge is -2.25. The van der Waals surface area contributed by atoms with Crippen molar-refractivity contribution in [2.24, 2.45) is 0 Å². The third-order valence-corrected chi connectivity index (χ3v) is 2.18. The minimum absolute atomic E-state index is 0.157. The fraction of sp³-hybridized carbons (Fsp3) is 0.889. The predicted molar refractivity (Wildman–Crippen MR) is 47.0 cm³/mol. The van der Waals surface area contributed by atoms with Gasteiger partial charge in [-0.2, -0.15) is 0 Å². The van der Waals surface area contributed by atoms with E-state index in [0.29, 0.717) is 6.61 Å². The second-order valence-corrected chi connectivity index (χ2v) is 3.10. The number of methoxy groups -OCH3 is 1. The molecule has 3 heteroatoms. The minimum Gasteiger partial charge on any atom is -0.466 e. The van der Waals surface area contributed by atoms with Crippen LogP contribution in [0.4, 0.5) is 0 Å². The molecule has 0 rings (SSSR count). The second-order valence-electron chi connectivity index (χ2n) is 3.10. The van der Waals surface area contributed by atoms with E-state index in [1.54, 1.807) is 7.11 Å². The van der Waals surface area contributed by atoms with Crippen molar-refractivity contribution in [2.75, 3.05) is 13.7 Å². The molecule has 0 radical (unpaired) electrons. The summed E-state index contributed by atoms with van der Waals surface area (Å²) in [6.45, 7) is 5.91. The first-order chi connectivity index (χ1) is 5.54. The molecule has 0 N–H and O–H groups in total. The fourth-order valence-electron chi connectivity index (χ4n) is 0.834. The molecule has 0 aliphatic rings. The van der Waals surface area contributed by atoms with Crippen LogP contribution in [0.5, 0.6) is 0 Å². The Morgan fingerprint density at radius 1 is 1.50 bits per heavy atom. The van der Waals surface area contributed by atoms with Crippen LogP contribution in [0.2, 0.25) is 0 Å². The second kappa shape index (κ2) is 5.14. The monoisotopic (exact) mass is 174 g/mol. The molecular weight excluding hydrogens is 156 g/mol. The van der Waals surface area contributed by atoms with Crippen molar-refractivity contribution in [2.45, 2.75) is 39.2 Å². The van der Waals surface area contributed by atoms with Gasteiger partial charge in [-0.25, -0.2) is 0 Å². The van der Waals surface area contributed by atoms with Gasteiger partial charge in [0.25, 0.3) is 0 Å². The number of carbonyl (C=O) groups is 1. The average Bonchev–Trinajstić information content (AvgIpc) is 2.03. The van der Waals surface area contributed by atoms with Crippen LogP contribution in [0.15, 0.2) is 0 Å². The molecule has 0 aliphatic carbocycles. The van der Waals surface area contributed by atoms with Gasteiger partial charge in [0, 0.05) is 20.5 Å². The van der Waals surface area contributed by atoms with E-state index in [0.717, 1.165) is 12.8 Å². The van der Waals surface area contributed by atoms with Crippen LogP contribution in [0.1, 0.15) is 33.6 Å². The number of esters is 1. The molecule has 1 atom stereocenters.